The van der Waals surface area contributed by atoms with Gasteiger partial charge in [0.05, 0.1) is 24.6 Å². The van der Waals surface area contributed by atoms with Crippen molar-refractivity contribution < 1.29 is 66.0 Å². The van der Waals surface area contributed by atoms with Crippen molar-refractivity contribution in [2.45, 2.75) is 105 Å². The Hall–Kier alpha value is -7.38. The molecule has 0 radical (unpaired) electrons. The lowest BCUT2D eigenvalue weighted by Gasteiger charge is -2.25. The number of carboxylic acid groups (broad SMARTS) is 1. The van der Waals surface area contributed by atoms with Crippen LogP contribution in [0.1, 0.15) is 104 Å². The summed E-state index contributed by atoms with van der Waals surface area (Å²) in [6.45, 7) is 12.7. The molecule has 0 unspecified atom stereocenters. The lowest BCUT2D eigenvalue weighted by atomic mass is 9.87. The zero-order chi connectivity index (χ0) is 52.4. The number of hydrogen-bond acceptors (Lipinski definition) is 13. The topological polar surface area (TPSA) is 266 Å². The number of ketones is 2. The molecular weight excluding hydrogens is 927 g/mol. The number of hydrogen-bond donors (Lipinski definition) is 5. The molecule has 1 aliphatic rings. The second kappa shape index (κ2) is 27.1. The first kappa shape index (κ1) is 56.2. The number of rotatable bonds is 24. The predicted octanol–water partition coefficient (Wildman–Crippen LogP) is 5.60. The monoisotopic (exact) mass is 988 g/mol. The van der Waals surface area contributed by atoms with Gasteiger partial charge in [0.15, 0.2) is 23.0 Å². The third-order valence-corrected chi connectivity index (χ3v) is 11.5. The molecule has 0 aliphatic carbocycles. The average Bonchev–Trinajstić information content (AvgIpc) is 4.08. The molecule has 6 atom stereocenters. The van der Waals surface area contributed by atoms with Crippen molar-refractivity contribution in [1.29, 1.82) is 0 Å². The molecular formula is C51H62F2N6O12. The van der Waals surface area contributed by atoms with Crippen molar-refractivity contribution in [3.8, 4) is 0 Å². The molecule has 0 saturated carbocycles. The Kier molecular flexibility index (Phi) is 21.5. The molecule has 5 N–H and O–H groups in total. The molecule has 5 rings (SSSR count). The minimum Gasteiger partial charge on any atom is -0.481 e. The largest absolute Gasteiger partial charge is 0.481 e. The molecule has 20 heteroatoms. The number of carboxylic acids is 1. The molecule has 18 nitrogen and oxygen atoms in total. The number of nitrogens with one attached hydrogen (secondary N) is 4. The average molecular weight is 989 g/mol. The van der Waals surface area contributed by atoms with Gasteiger partial charge in [-0.05, 0) is 93.7 Å². The number of halogens is 2. The smallest absolute Gasteiger partial charge is 0.330 e. The maximum Gasteiger partial charge on any atom is 0.330 e. The van der Waals surface area contributed by atoms with E-state index in [1.807, 2.05) is 0 Å². The van der Waals surface area contributed by atoms with Crippen molar-refractivity contribution in [1.82, 2.24) is 31.6 Å². The highest BCUT2D eigenvalue weighted by molar-refractivity contribution is 5.98. The van der Waals surface area contributed by atoms with Crippen molar-refractivity contribution in [2.75, 3.05) is 13.2 Å². The van der Waals surface area contributed by atoms with Gasteiger partial charge in [0.2, 0.25) is 11.8 Å². The van der Waals surface area contributed by atoms with E-state index in [0.29, 0.717) is 35.6 Å². The highest BCUT2D eigenvalue weighted by Gasteiger charge is 2.34. The molecule has 3 heterocycles. The molecule has 1 fully saturated rings. The maximum atomic E-state index is 13.7. The van der Waals surface area contributed by atoms with Gasteiger partial charge < -0.3 is 40.2 Å². The summed E-state index contributed by atoms with van der Waals surface area (Å²) in [6.07, 6.45) is 3.21. The number of aryl methyl sites for hydroxylation is 2. The first-order chi connectivity index (χ1) is 33.6. The van der Waals surface area contributed by atoms with E-state index in [0.717, 1.165) is 0 Å². The lowest BCUT2D eigenvalue weighted by Crippen LogP contribution is -2.47. The van der Waals surface area contributed by atoms with Gasteiger partial charge in [-0.3, -0.25) is 33.6 Å². The van der Waals surface area contributed by atoms with E-state index in [2.05, 4.69) is 31.6 Å². The molecule has 1 saturated heterocycles. The van der Waals surface area contributed by atoms with Crippen LogP contribution in [0.3, 0.4) is 0 Å². The molecule has 2 aromatic heterocycles. The van der Waals surface area contributed by atoms with E-state index in [1.165, 1.54) is 72.8 Å². The van der Waals surface area contributed by atoms with Crippen LogP contribution < -0.4 is 21.3 Å². The summed E-state index contributed by atoms with van der Waals surface area (Å²) in [4.78, 5) is 101. The Balaban J connectivity index is 0.000000338. The number of esters is 1. The van der Waals surface area contributed by atoms with Crippen molar-refractivity contribution in [3.05, 3.63) is 118 Å². The van der Waals surface area contributed by atoms with Crippen LogP contribution in [0.25, 0.3) is 0 Å². The van der Waals surface area contributed by atoms with Crippen molar-refractivity contribution >= 4 is 47.1 Å². The first-order valence-electron chi connectivity index (χ1n) is 23.3. The van der Waals surface area contributed by atoms with E-state index in [1.54, 1.807) is 48.5 Å². The minimum absolute atomic E-state index is 0.0312. The van der Waals surface area contributed by atoms with Crippen LogP contribution in [0, 0.1) is 55.1 Å². The molecule has 382 valence electrons. The number of aromatic nitrogens is 2. The quantitative estimate of drug-likeness (QED) is 0.0423. The summed E-state index contributed by atoms with van der Waals surface area (Å²) in [5, 5.41) is 27.8. The molecule has 0 spiro atoms. The van der Waals surface area contributed by atoms with E-state index >= 15 is 0 Å². The van der Waals surface area contributed by atoms with Crippen LogP contribution in [0.2, 0.25) is 0 Å². The summed E-state index contributed by atoms with van der Waals surface area (Å²) in [5.41, 5.74) is 1.33. The van der Waals surface area contributed by atoms with E-state index in [-0.39, 0.29) is 79.5 Å². The lowest BCUT2D eigenvalue weighted by molar-refractivity contribution is -0.144. The molecule has 4 amide bonds. The molecule has 4 aromatic rings. The minimum atomic E-state index is -1.13. The number of benzene rings is 2. The van der Waals surface area contributed by atoms with Gasteiger partial charge in [0.1, 0.15) is 23.2 Å². The highest BCUT2D eigenvalue weighted by atomic mass is 19.1. The SMILES string of the molecule is CCOC(=O)/C=C/[C@H](C[C@@H]1CCNC1=O)NC(=O)[C@@H](CC(=O)[C@@H](NC(=O)c1cc(C)on1)C(C)C)Cc1ccc(F)cc1.Cc1cc(C(=O)N[C@H](C(=O)C[C@@H](Cc2ccc(F)cc2)C(=O)O)C(C)C)no1. The number of nitrogens with zero attached hydrogens (tertiary/aromatic N) is 2. The molecule has 71 heavy (non-hydrogen) atoms. The zero-order valence-electron chi connectivity index (χ0n) is 40.8. The summed E-state index contributed by atoms with van der Waals surface area (Å²) in [7, 11) is 0. The standard InChI is InChI=1S/C31H39FN4O7.C20H23FN2O5/c1-5-42-27(38)11-10-24(16-21-12-13-33-29(21)39)34-30(40)22(15-20-6-8-23(32)9-7-20)17-26(37)28(18(2)3)35-31(41)25-14-19(4)43-36-25;1-11(2)18(22-19(25)16-8-12(3)28-23-16)17(24)10-14(20(26)27)9-13-4-6-15(21)7-5-13/h6-11,14,18,21-22,24,28H,5,12-13,15-17H2,1-4H3,(H,33,39)(H,34,40)(H,35,41);4-8,11,14,18H,9-10H2,1-3H3,(H,22,25)(H,26,27)/b11-10+;/t21-,22+,24+,28-;14-,18+/m01/s1. The van der Waals surface area contributed by atoms with Gasteiger partial charge in [0.25, 0.3) is 11.8 Å². The van der Waals surface area contributed by atoms with Gasteiger partial charge in [0, 0.05) is 55.5 Å². The maximum absolute atomic E-state index is 13.7. The Morgan fingerprint density at radius 3 is 1.62 bits per heavy atom. The van der Waals surface area contributed by atoms with Crippen LogP contribution in [-0.2, 0) is 46.3 Å². The second-order valence-corrected chi connectivity index (χ2v) is 18.0. The Labute approximate surface area is 410 Å². The molecule has 1 aliphatic heterocycles. The fraction of sp³-hybridized carbons (Fsp3) is 0.451. The number of ether oxygens (including phenoxy) is 1. The van der Waals surface area contributed by atoms with Crippen LogP contribution in [0.5, 0.6) is 0 Å². The van der Waals surface area contributed by atoms with E-state index in [4.69, 9.17) is 13.8 Å². The van der Waals surface area contributed by atoms with Crippen LogP contribution in [0.15, 0.2) is 81.9 Å². The van der Waals surface area contributed by atoms with Crippen LogP contribution >= 0.6 is 0 Å². The number of amides is 4. The fourth-order valence-electron chi connectivity index (χ4n) is 7.72. The Morgan fingerprint density at radius 1 is 0.761 bits per heavy atom. The highest BCUT2D eigenvalue weighted by Crippen LogP contribution is 2.22. The van der Waals surface area contributed by atoms with Gasteiger partial charge in [-0.1, -0.05) is 68.3 Å². The number of aliphatic carboxylic acids is 1. The van der Waals surface area contributed by atoms with Gasteiger partial charge in [-0.15, -0.1) is 0 Å². The Bertz CT molecular complexity index is 2500. The normalized spacial score (nSPS) is 15.4. The number of Topliss-reactive ketones (excluding diaryl/α,β-unsaturated/α-hetero) is 2. The molecule has 2 aromatic carbocycles. The van der Waals surface area contributed by atoms with Gasteiger partial charge >= 0.3 is 11.9 Å². The van der Waals surface area contributed by atoms with E-state index in [9.17, 15) is 52.2 Å². The van der Waals surface area contributed by atoms with Crippen LogP contribution in [0.4, 0.5) is 8.78 Å². The van der Waals surface area contributed by atoms with Gasteiger partial charge in [-0.2, -0.15) is 0 Å². The second-order valence-electron chi connectivity index (χ2n) is 18.0. The summed E-state index contributed by atoms with van der Waals surface area (Å²) < 4.78 is 41.4. The van der Waals surface area contributed by atoms with E-state index < -0.39 is 77.0 Å². The van der Waals surface area contributed by atoms with Gasteiger partial charge in [-0.25, -0.2) is 13.6 Å². The van der Waals surface area contributed by atoms with Crippen LogP contribution in [-0.4, -0.2) is 93.8 Å². The van der Waals surface area contributed by atoms with Crippen molar-refractivity contribution in [2.24, 2.45) is 29.6 Å². The summed E-state index contributed by atoms with van der Waals surface area (Å²) in [5.74, 6) is -7.01. The Morgan fingerprint density at radius 2 is 1.23 bits per heavy atom. The zero-order valence-corrected chi connectivity index (χ0v) is 40.8. The van der Waals surface area contributed by atoms with Crippen molar-refractivity contribution in [3.63, 3.8) is 0 Å². The predicted molar refractivity (Wildman–Crippen MR) is 252 cm³/mol. The third kappa shape index (κ3) is 18.1. The summed E-state index contributed by atoms with van der Waals surface area (Å²) >= 11 is 0. The fourth-order valence-corrected chi connectivity index (χ4v) is 7.72. The third-order valence-electron chi connectivity index (χ3n) is 11.5. The first-order valence-corrected chi connectivity index (χ1v) is 23.3. The number of carbonyl (C=O) groups excluding carboxylic acids is 7. The number of carbonyl (C=O) groups is 8. The molecule has 0 bridgehead atoms. The summed E-state index contributed by atoms with van der Waals surface area (Å²) in [6, 6.07) is 11.5.